The highest BCUT2D eigenvalue weighted by atomic mass is 35.5. The highest BCUT2D eigenvalue weighted by Crippen LogP contribution is 2.43. The van der Waals surface area contributed by atoms with Gasteiger partial charge in [-0.25, -0.2) is 0 Å². The van der Waals surface area contributed by atoms with Gasteiger partial charge in [-0.3, -0.25) is 0 Å². The minimum Gasteiger partial charge on any atom is -0.493 e. The van der Waals surface area contributed by atoms with Crippen molar-refractivity contribution in [1.29, 1.82) is 0 Å². The fraction of sp³-hybridized carbons (Fsp3) is 0.455. The van der Waals surface area contributed by atoms with Crippen molar-refractivity contribution < 1.29 is 4.74 Å². The van der Waals surface area contributed by atoms with Crippen LogP contribution in [-0.2, 0) is 12.8 Å². The average Bonchev–Trinajstić information content (AvgIpc) is 2.70. The maximum absolute atomic E-state index is 6.27. The first-order valence-electron chi connectivity index (χ1n) is 4.78. The van der Waals surface area contributed by atoms with Crippen molar-refractivity contribution in [2.24, 2.45) is 0 Å². The van der Waals surface area contributed by atoms with Gasteiger partial charge in [-0.05, 0) is 30.0 Å². The number of alkyl halides is 1. The summed E-state index contributed by atoms with van der Waals surface area (Å²) in [5, 5.41) is 0.228. The highest BCUT2D eigenvalue weighted by Gasteiger charge is 2.27. The Balaban J connectivity index is 2.23. The van der Waals surface area contributed by atoms with Crippen LogP contribution in [0.25, 0.3) is 0 Å². The molecule has 1 atom stereocenters. The van der Waals surface area contributed by atoms with E-state index in [2.05, 4.69) is 12.1 Å². The van der Waals surface area contributed by atoms with E-state index < -0.39 is 0 Å². The molecule has 13 heavy (non-hydrogen) atoms. The van der Waals surface area contributed by atoms with Gasteiger partial charge in [0.05, 0.1) is 12.0 Å². The van der Waals surface area contributed by atoms with E-state index in [-0.39, 0.29) is 5.38 Å². The Labute approximate surface area is 82.7 Å². The number of aryl methyl sites for hydroxylation is 1. The zero-order valence-corrected chi connectivity index (χ0v) is 8.10. The number of rotatable bonds is 0. The summed E-state index contributed by atoms with van der Waals surface area (Å²) in [6, 6.07) is 4.26. The molecule has 68 valence electrons. The molecule has 1 unspecified atom stereocenters. The van der Waals surface area contributed by atoms with Gasteiger partial charge in [-0.1, -0.05) is 6.07 Å². The molecule has 0 amide bonds. The van der Waals surface area contributed by atoms with Gasteiger partial charge in [0.1, 0.15) is 5.75 Å². The number of hydrogen-bond donors (Lipinski definition) is 0. The van der Waals surface area contributed by atoms with Crippen LogP contribution in [0.15, 0.2) is 12.1 Å². The molecule has 1 aliphatic heterocycles. The van der Waals surface area contributed by atoms with Crippen molar-refractivity contribution in [2.75, 3.05) is 6.61 Å². The fourth-order valence-electron chi connectivity index (χ4n) is 2.38. The van der Waals surface area contributed by atoms with Gasteiger partial charge in [0.25, 0.3) is 0 Å². The molecule has 1 aromatic carbocycles. The number of ether oxygens (including phenoxy) is 1. The molecule has 0 radical (unpaired) electrons. The first-order valence-corrected chi connectivity index (χ1v) is 5.21. The molecule has 1 aliphatic carbocycles. The summed E-state index contributed by atoms with van der Waals surface area (Å²) in [6.07, 6.45) is 3.27. The molecule has 3 rings (SSSR count). The molecule has 1 aromatic rings. The number of fused-ring (bicyclic) bond motifs is 3. The lowest BCUT2D eigenvalue weighted by Gasteiger charge is -2.07. The molecule has 0 saturated carbocycles. The van der Waals surface area contributed by atoms with Crippen molar-refractivity contribution in [3.05, 3.63) is 28.8 Å². The maximum Gasteiger partial charge on any atom is 0.122 e. The summed E-state index contributed by atoms with van der Waals surface area (Å²) in [7, 11) is 0. The predicted octanol–water partition coefficient (Wildman–Crippen LogP) is 2.85. The molecule has 0 N–H and O–H groups in total. The van der Waals surface area contributed by atoms with Crippen molar-refractivity contribution in [1.82, 2.24) is 0 Å². The third-order valence-corrected chi connectivity index (χ3v) is 3.43. The van der Waals surface area contributed by atoms with Crippen molar-refractivity contribution in [3.8, 4) is 5.75 Å². The molecule has 0 fully saturated rings. The van der Waals surface area contributed by atoms with Crippen LogP contribution in [0.2, 0.25) is 0 Å². The van der Waals surface area contributed by atoms with E-state index in [1.165, 1.54) is 16.7 Å². The van der Waals surface area contributed by atoms with E-state index in [0.29, 0.717) is 0 Å². The maximum atomic E-state index is 6.27. The Hall–Kier alpha value is -0.690. The molecule has 1 heterocycles. The van der Waals surface area contributed by atoms with Gasteiger partial charge in [-0.15, -0.1) is 11.6 Å². The largest absolute Gasteiger partial charge is 0.493 e. The number of halogens is 1. The van der Waals surface area contributed by atoms with Gasteiger partial charge in [0.2, 0.25) is 0 Å². The van der Waals surface area contributed by atoms with Crippen molar-refractivity contribution >= 4 is 11.6 Å². The Kier molecular flexibility index (Phi) is 1.57. The Bertz CT molecular complexity index is 359. The zero-order chi connectivity index (χ0) is 8.84. The topological polar surface area (TPSA) is 9.23 Å². The van der Waals surface area contributed by atoms with E-state index in [1.54, 1.807) is 0 Å². The van der Waals surface area contributed by atoms with E-state index in [0.717, 1.165) is 31.6 Å². The molecule has 1 nitrogen and oxygen atoms in total. The van der Waals surface area contributed by atoms with Gasteiger partial charge in [0.15, 0.2) is 0 Å². The minimum atomic E-state index is 0.228. The summed E-state index contributed by atoms with van der Waals surface area (Å²) >= 11 is 6.27. The molecule has 0 bridgehead atoms. The van der Waals surface area contributed by atoms with E-state index >= 15 is 0 Å². The fourth-order valence-corrected chi connectivity index (χ4v) is 2.77. The first kappa shape index (κ1) is 7.69. The third kappa shape index (κ3) is 1.000. The lowest BCUT2D eigenvalue weighted by molar-refractivity contribution is 0.357. The summed E-state index contributed by atoms with van der Waals surface area (Å²) in [5.74, 6) is 1.06. The predicted molar refractivity (Wildman–Crippen MR) is 52.6 cm³/mol. The molecule has 2 aliphatic rings. The van der Waals surface area contributed by atoms with E-state index in [1.807, 2.05) is 0 Å². The highest BCUT2D eigenvalue weighted by molar-refractivity contribution is 6.21. The van der Waals surface area contributed by atoms with E-state index in [9.17, 15) is 0 Å². The zero-order valence-electron chi connectivity index (χ0n) is 7.35. The van der Waals surface area contributed by atoms with Gasteiger partial charge >= 0.3 is 0 Å². The second-order valence-electron chi connectivity index (χ2n) is 3.72. The molecular formula is C11H11ClO. The van der Waals surface area contributed by atoms with Crippen LogP contribution >= 0.6 is 11.6 Å². The lowest BCUT2D eigenvalue weighted by Crippen LogP contribution is -1.91. The lowest BCUT2D eigenvalue weighted by atomic mass is 10.0. The monoisotopic (exact) mass is 194 g/mol. The average molecular weight is 195 g/mol. The summed E-state index contributed by atoms with van der Waals surface area (Å²) in [4.78, 5) is 0. The van der Waals surface area contributed by atoms with Gasteiger partial charge in [-0.2, -0.15) is 0 Å². The normalized spacial score (nSPS) is 23.9. The molecule has 0 aromatic heterocycles. The third-order valence-electron chi connectivity index (χ3n) is 2.99. The number of benzene rings is 1. The van der Waals surface area contributed by atoms with Crippen LogP contribution in [-0.4, -0.2) is 6.61 Å². The smallest absolute Gasteiger partial charge is 0.122 e. The van der Waals surface area contributed by atoms with Gasteiger partial charge < -0.3 is 4.74 Å². The van der Waals surface area contributed by atoms with Crippen molar-refractivity contribution in [3.63, 3.8) is 0 Å². The Morgan fingerprint density at radius 2 is 2.23 bits per heavy atom. The summed E-state index contributed by atoms with van der Waals surface area (Å²) < 4.78 is 5.51. The van der Waals surface area contributed by atoms with Crippen LogP contribution < -0.4 is 4.74 Å². The second kappa shape index (κ2) is 2.65. The van der Waals surface area contributed by atoms with E-state index in [4.69, 9.17) is 16.3 Å². The first-order chi connectivity index (χ1) is 6.36. The van der Waals surface area contributed by atoms with Gasteiger partial charge in [0, 0.05) is 12.0 Å². The summed E-state index contributed by atoms with van der Waals surface area (Å²) in [5.41, 5.74) is 4.18. The summed E-state index contributed by atoms with van der Waals surface area (Å²) in [6.45, 7) is 0.829. The molecular weight excluding hydrogens is 184 g/mol. The molecule has 0 spiro atoms. The second-order valence-corrected chi connectivity index (χ2v) is 4.25. The minimum absolute atomic E-state index is 0.228. The van der Waals surface area contributed by atoms with Crippen molar-refractivity contribution in [2.45, 2.75) is 24.6 Å². The molecule has 0 saturated heterocycles. The Morgan fingerprint density at radius 1 is 1.31 bits per heavy atom. The molecule has 2 heteroatoms. The SMILES string of the molecule is ClC1CCc2ccc3c(c21)CCO3. The van der Waals surface area contributed by atoms with Crippen LogP contribution in [0, 0.1) is 0 Å². The van der Waals surface area contributed by atoms with Crippen LogP contribution in [0.4, 0.5) is 0 Å². The number of hydrogen-bond acceptors (Lipinski definition) is 1. The Morgan fingerprint density at radius 3 is 3.15 bits per heavy atom. The standard InChI is InChI=1S/C11H11ClO/c12-9-3-1-7-2-4-10-8(11(7)9)5-6-13-10/h2,4,9H,1,3,5-6H2. The van der Waals surface area contributed by atoms with Crippen LogP contribution in [0.5, 0.6) is 5.75 Å². The van der Waals surface area contributed by atoms with Crippen LogP contribution in [0.1, 0.15) is 28.5 Å². The van der Waals surface area contributed by atoms with Crippen LogP contribution in [0.3, 0.4) is 0 Å². The quantitative estimate of drug-likeness (QED) is 0.577.